The van der Waals surface area contributed by atoms with Crippen LogP contribution in [0.25, 0.3) is 0 Å². The second kappa shape index (κ2) is 4.18. The summed E-state index contributed by atoms with van der Waals surface area (Å²) in [6.45, 7) is 9.00. The SMILES string of the molecule is CCN(C)c1noc([C@@H](N)C(C)(C)C)n1. The van der Waals surface area contributed by atoms with Crippen LogP contribution in [0.2, 0.25) is 0 Å². The third-order valence-corrected chi connectivity index (χ3v) is 2.45. The predicted molar refractivity (Wildman–Crippen MR) is 59.6 cm³/mol. The van der Waals surface area contributed by atoms with Gasteiger partial charge in [-0.2, -0.15) is 4.98 Å². The molecule has 1 aromatic rings. The largest absolute Gasteiger partial charge is 0.342 e. The maximum atomic E-state index is 6.01. The molecule has 0 aliphatic rings. The second-order valence-electron chi connectivity index (χ2n) is 4.79. The van der Waals surface area contributed by atoms with Gasteiger partial charge in [-0.05, 0) is 17.5 Å². The van der Waals surface area contributed by atoms with Crippen LogP contribution in [-0.2, 0) is 0 Å². The van der Waals surface area contributed by atoms with E-state index in [9.17, 15) is 0 Å². The van der Waals surface area contributed by atoms with Gasteiger partial charge in [-0.15, -0.1) is 0 Å². The summed E-state index contributed by atoms with van der Waals surface area (Å²) in [5.74, 6) is 1.09. The predicted octanol–water partition coefficient (Wildman–Crippen LogP) is 1.57. The second-order valence-corrected chi connectivity index (χ2v) is 4.79. The van der Waals surface area contributed by atoms with E-state index in [4.69, 9.17) is 10.3 Å². The van der Waals surface area contributed by atoms with E-state index < -0.39 is 0 Å². The summed E-state index contributed by atoms with van der Waals surface area (Å²) in [5.41, 5.74) is 5.94. The van der Waals surface area contributed by atoms with Crippen LogP contribution in [0.4, 0.5) is 5.95 Å². The fraction of sp³-hybridized carbons (Fsp3) is 0.800. The van der Waals surface area contributed by atoms with Crippen LogP contribution in [0.3, 0.4) is 0 Å². The molecular formula is C10H20N4O. The van der Waals surface area contributed by atoms with Crippen LogP contribution >= 0.6 is 0 Å². The average Bonchev–Trinajstić information content (AvgIpc) is 2.62. The molecule has 0 saturated heterocycles. The van der Waals surface area contributed by atoms with E-state index >= 15 is 0 Å². The van der Waals surface area contributed by atoms with E-state index in [1.54, 1.807) is 0 Å². The lowest BCUT2D eigenvalue weighted by Crippen LogP contribution is -2.26. The lowest BCUT2D eigenvalue weighted by Gasteiger charge is -2.23. The van der Waals surface area contributed by atoms with Crippen molar-refractivity contribution in [3.63, 3.8) is 0 Å². The summed E-state index contributed by atoms with van der Waals surface area (Å²) in [4.78, 5) is 6.18. The van der Waals surface area contributed by atoms with Crippen LogP contribution in [0.15, 0.2) is 4.52 Å². The zero-order chi connectivity index (χ0) is 11.6. The first kappa shape index (κ1) is 12.0. The standard InChI is InChI=1S/C10H20N4O/c1-6-14(5)9-12-8(15-13-9)7(11)10(2,3)4/h7H,6,11H2,1-5H3/t7-/m1/s1. The Bertz CT molecular complexity index is 315. The molecule has 0 fully saturated rings. The van der Waals surface area contributed by atoms with Gasteiger partial charge in [0.25, 0.3) is 5.95 Å². The molecule has 1 aromatic heterocycles. The number of rotatable bonds is 3. The van der Waals surface area contributed by atoms with Gasteiger partial charge in [-0.3, -0.25) is 0 Å². The first-order valence-electron chi connectivity index (χ1n) is 5.16. The number of aromatic nitrogens is 2. The third-order valence-electron chi connectivity index (χ3n) is 2.45. The van der Waals surface area contributed by atoms with Crippen molar-refractivity contribution in [3.05, 3.63) is 5.89 Å². The van der Waals surface area contributed by atoms with E-state index in [1.165, 1.54) is 0 Å². The van der Waals surface area contributed by atoms with Crippen molar-refractivity contribution in [1.29, 1.82) is 0 Å². The van der Waals surface area contributed by atoms with Crippen molar-refractivity contribution in [2.45, 2.75) is 33.7 Å². The molecule has 5 nitrogen and oxygen atoms in total. The van der Waals surface area contributed by atoms with Gasteiger partial charge in [0.1, 0.15) is 0 Å². The van der Waals surface area contributed by atoms with Crippen molar-refractivity contribution in [2.75, 3.05) is 18.5 Å². The zero-order valence-corrected chi connectivity index (χ0v) is 10.1. The van der Waals surface area contributed by atoms with Crippen molar-refractivity contribution in [2.24, 2.45) is 11.1 Å². The Hall–Kier alpha value is -1.10. The highest BCUT2D eigenvalue weighted by atomic mass is 16.5. The topological polar surface area (TPSA) is 68.2 Å². The highest BCUT2D eigenvalue weighted by Gasteiger charge is 2.27. The van der Waals surface area contributed by atoms with E-state index in [0.29, 0.717) is 11.8 Å². The Morgan fingerprint density at radius 2 is 2.07 bits per heavy atom. The molecule has 0 saturated carbocycles. The summed E-state index contributed by atoms with van der Waals surface area (Å²) in [5, 5.41) is 3.88. The minimum Gasteiger partial charge on any atom is -0.342 e. The molecule has 15 heavy (non-hydrogen) atoms. The Morgan fingerprint density at radius 1 is 1.47 bits per heavy atom. The summed E-state index contributed by atoms with van der Waals surface area (Å²) < 4.78 is 5.15. The number of nitrogens with zero attached hydrogens (tertiary/aromatic N) is 3. The van der Waals surface area contributed by atoms with Crippen LogP contribution in [-0.4, -0.2) is 23.7 Å². The quantitative estimate of drug-likeness (QED) is 0.823. The molecule has 0 spiro atoms. The fourth-order valence-electron chi connectivity index (χ4n) is 1.02. The Morgan fingerprint density at radius 3 is 2.53 bits per heavy atom. The highest BCUT2D eigenvalue weighted by molar-refractivity contribution is 5.25. The molecule has 2 N–H and O–H groups in total. The molecule has 0 aliphatic heterocycles. The smallest absolute Gasteiger partial charge is 0.265 e. The molecule has 0 amide bonds. The molecule has 0 aliphatic carbocycles. The number of hydrogen-bond acceptors (Lipinski definition) is 5. The third kappa shape index (κ3) is 2.68. The van der Waals surface area contributed by atoms with Crippen molar-refractivity contribution < 1.29 is 4.52 Å². The van der Waals surface area contributed by atoms with Crippen molar-refractivity contribution in [1.82, 2.24) is 10.1 Å². The van der Waals surface area contributed by atoms with Gasteiger partial charge < -0.3 is 15.2 Å². The number of nitrogens with two attached hydrogens (primary N) is 1. The van der Waals surface area contributed by atoms with E-state index in [0.717, 1.165) is 6.54 Å². The lowest BCUT2D eigenvalue weighted by atomic mass is 9.87. The average molecular weight is 212 g/mol. The summed E-state index contributed by atoms with van der Waals surface area (Å²) in [6.07, 6.45) is 0. The van der Waals surface area contributed by atoms with Gasteiger partial charge in [0.05, 0.1) is 6.04 Å². The fourth-order valence-corrected chi connectivity index (χ4v) is 1.02. The minimum atomic E-state index is -0.232. The van der Waals surface area contributed by atoms with Crippen molar-refractivity contribution in [3.8, 4) is 0 Å². The van der Waals surface area contributed by atoms with Crippen LogP contribution < -0.4 is 10.6 Å². The molecular weight excluding hydrogens is 192 g/mol. The molecule has 1 heterocycles. The van der Waals surface area contributed by atoms with E-state index in [1.807, 2.05) is 39.6 Å². The minimum absolute atomic E-state index is 0.0748. The van der Waals surface area contributed by atoms with Crippen molar-refractivity contribution >= 4 is 5.95 Å². The monoisotopic (exact) mass is 212 g/mol. The molecule has 1 rings (SSSR count). The molecule has 0 aromatic carbocycles. The van der Waals surface area contributed by atoms with Gasteiger partial charge in [0.15, 0.2) is 0 Å². The maximum Gasteiger partial charge on any atom is 0.265 e. The molecule has 86 valence electrons. The first-order chi connectivity index (χ1) is 6.86. The summed E-state index contributed by atoms with van der Waals surface area (Å²) in [6, 6.07) is -0.232. The lowest BCUT2D eigenvalue weighted by molar-refractivity contribution is 0.253. The van der Waals surface area contributed by atoms with Gasteiger partial charge in [-0.25, -0.2) is 0 Å². The van der Waals surface area contributed by atoms with Gasteiger partial charge >= 0.3 is 0 Å². The Kier molecular flexibility index (Phi) is 3.34. The van der Waals surface area contributed by atoms with E-state index in [-0.39, 0.29) is 11.5 Å². The number of hydrogen-bond donors (Lipinski definition) is 1. The molecule has 5 heteroatoms. The zero-order valence-electron chi connectivity index (χ0n) is 10.1. The normalized spacial score (nSPS) is 14.0. The molecule has 0 unspecified atom stereocenters. The summed E-state index contributed by atoms with van der Waals surface area (Å²) >= 11 is 0. The molecule has 1 atom stereocenters. The first-order valence-corrected chi connectivity index (χ1v) is 5.16. The van der Waals surface area contributed by atoms with Gasteiger partial charge in [0.2, 0.25) is 5.89 Å². The van der Waals surface area contributed by atoms with Crippen LogP contribution in [0.1, 0.15) is 39.6 Å². The molecule has 0 bridgehead atoms. The van der Waals surface area contributed by atoms with Crippen LogP contribution in [0, 0.1) is 5.41 Å². The molecule has 0 radical (unpaired) electrons. The number of anilines is 1. The van der Waals surface area contributed by atoms with Gasteiger partial charge in [0, 0.05) is 13.6 Å². The Labute approximate surface area is 90.6 Å². The van der Waals surface area contributed by atoms with E-state index in [2.05, 4.69) is 10.1 Å². The van der Waals surface area contributed by atoms with Gasteiger partial charge in [-0.1, -0.05) is 20.8 Å². The maximum absolute atomic E-state index is 6.01. The highest BCUT2D eigenvalue weighted by Crippen LogP contribution is 2.29. The summed E-state index contributed by atoms with van der Waals surface area (Å²) in [7, 11) is 1.91. The Balaban J connectivity index is 2.85. The van der Waals surface area contributed by atoms with Crippen LogP contribution in [0.5, 0.6) is 0 Å².